The van der Waals surface area contributed by atoms with Crippen LogP contribution >= 0.6 is 31.9 Å². The summed E-state index contributed by atoms with van der Waals surface area (Å²) in [6.45, 7) is 10.8. The lowest BCUT2D eigenvalue weighted by atomic mass is 10.1. The number of carbonyl (C=O) groups is 2. The van der Waals surface area contributed by atoms with Crippen molar-refractivity contribution >= 4 is 43.8 Å². The van der Waals surface area contributed by atoms with Crippen LogP contribution in [0.25, 0.3) is 0 Å². The summed E-state index contributed by atoms with van der Waals surface area (Å²) < 4.78 is 10.4. The van der Waals surface area contributed by atoms with Crippen molar-refractivity contribution in [2.24, 2.45) is 0 Å². The average Bonchev–Trinajstić information content (AvgIpc) is 2.11. The van der Waals surface area contributed by atoms with E-state index >= 15 is 0 Å². The highest BCUT2D eigenvalue weighted by Gasteiger charge is 2.30. The van der Waals surface area contributed by atoms with Crippen molar-refractivity contribution in [3.05, 3.63) is 0 Å². The fraction of sp³-hybridized carbons (Fsp3) is 0.846. The molecule has 0 aliphatic heterocycles. The molecule has 112 valence electrons. The molecular formula is C13H22Br2O4. The average molecular weight is 402 g/mol. The lowest BCUT2D eigenvalue weighted by Crippen LogP contribution is -2.34. The second kappa shape index (κ2) is 7.07. The van der Waals surface area contributed by atoms with Crippen LogP contribution in [0.3, 0.4) is 0 Å². The van der Waals surface area contributed by atoms with Gasteiger partial charge in [0.15, 0.2) is 0 Å². The Labute approximate surface area is 131 Å². The van der Waals surface area contributed by atoms with Crippen LogP contribution in [0.5, 0.6) is 0 Å². The number of rotatable bonds is 4. The molecule has 0 unspecified atom stereocenters. The van der Waals surface area contributed by atoms with Gasteiger partial charge in [-0.2, -0.15) is 0 Å². The molecule has 6 heteroatoms. The normalized spacial score (nSPS) is 15.6. The highest BCUT2D eigenvalue weighted by molar-refractivity contribution is 9.10. The molecule has 0 aliphatic rings. The van der Waals surface area contributed by atoms with Gasteiger partial charge in [0, 0.05) is 0 Å². The number of hydrogen-bond donors (Lipinski definition) is 0. The molecule has 0 radical (unpaired) electrons. The Balaban J connectivity index is 4.36. The maximum absolute atomic E-state index is 11.8. The number of carbonyl (C=O) groups excluding carboxylic acids is 2. The van der Waals surface area contributed by atoms with Gasteiger partial charge in [-0.05, 0) is 48.0 Å². The largest absolute Gasteiger partial charge is 0.459 e. The van der Waals surface area contributed by atoms with E-state index in [1.54, 1.807) is 41.5 Å². The third-order valence-corrected chi connectivity index (χ3v) is 3.23. The van der Waals surface area contributed by atoms with Gasteiger partial charge >= 0.3 is 11.9 Å². The summed E-state index contributed by atoms with van der Waals surface area (Å²) in [4.78, 5) is 22.4. The zero-order valence-electron chi connectivity index (χ0n) is 12.3. The highest BCUT2D eigenvalue weighted by atomic mass is 79.9. The summed E-state index contributed by atoms with van der Waals surface area (Å²) in [6, 6.07) is 0. The van der Waals surface area contributed by atoms with Gasteiger partial charge in [0.2, 0.25) is 0 Å². The molecule has 0 heterocycles. The summed E-state index contributed by atoms with van der Waals surface area (Å²) in [7, 11) is 0. The Hall–Kier alpha value is -0.100. The van der Waals surface area contributed by atoms with Gasteiger partial charge in [-0.3, -0.25) is 9.59 Å². The molecule has 0 saturated carbocycles. The first kappa shape index (κ1) is 18.9. The third-order valence-electron chi connectivity index (χ3n) is 1.74. The van der Waals surface area contributed by atoms with E-state index in [4.69, 9.17) is 9.47 Å². The van der Waals surface area contributed by atoms with Crippen LogP contribution in [0.2, 0.25) is 0 Å². The number of halogens is 2. The SMILES string of the molecule is CC(C)(C)OC(=O)[C@H](Br)C[C@@H](Br)C(=O)OC(C)(C)C. The minimum Gasteiger partial charge on any atom is -0.459 e. The van der Waals surface area contributed by atoms with Gasteiger partial charge in [0.25, 0.3) is 0 Å². The molecule has 0 bridgehead atoms. The molecular weight excluding hydrogens is 380 g/mol. The fourth-order valence-electron chi connectivity index (χ4n) is 1.11. The Morgan fingerprint density at radius 2 is 1.11 bits per heavy atom. The maximum atomic E-state index is 11.8. The van der Waals surface area contributed by atoms with E-state index in [0.29, 0.717) is 0 Å². The molecule has 0 saturated heterocycles. The van der Waals surface area contributed by atoms with Crippen LogP contribution in [0.4, 0.5) is 0 Å². The van der Waals surface area contributed by atoms with Gasteiger partial charge in [0.05, 0.1) is 0 Å². The summed E-state index contributed by atoms with van der Waals surface area (Å²) in [6.07, 6.45) is 0.268. The zero-order valence-corrected chi connectivity index (χ0v) is 15.4. The van der Waals surface area contributed by atoms with Crippen LogP contribution in [-0.4, -0.2) is 32.8 Å². The van der Waals surface area contributed by atoms with Crippen molar-refractivity contribution in [2.75, 3.05) is 0 Å². The van der Waals surface area contributed by atoms with Gasteiger partial charge in [-0.15, -0.1) is 0 Å². The lowest BCUT2D eigenvalue weighted by Gasteiger charge is -2.24. The smallest absolute Gasteiger partial charge is 0.320 e. The summed E-state index contributed by atoms with van der Waals surface area (Å²) in [5.41, 5.74) is -1.09. The van der Waals surface area contributed by atoms with Crippen molar-refractivity contribution in [1.29, 1.82) is 0 Å². The molecule has 0 spiro atoms. The minimum absolute atomic E-state index is 0.268. The van der Waals surface area contributed by atoms with Crippen LogP contribution in [0.1, 0.15) is 48.0 Å². The van der Waals surface area contributed by atoms with Crippen molar-refractivity contribution in [2.45, 2.75) is 68.8 Å². The molecule has 0 rings (SSSR count). The molecule has 4 nitrogen and oxygen atoms in total. The summed E-state index contributed by atoms with van der Waals surface area (Å²) >= 11 is 6.46. The molecule has 0 aromatic carbocycles. The first-order valence-corrected chi connectivity index (χ1v) is 7.89. The third kappa shape index (κ3) is 9.44. The van der Waals surface area contributed by atoms with Crippen molar-refractivity contribution < 1.29 is 19.1 Å². The zero-order chi connectivity index (χ0) is 15.4. The Kier molecular flexibility index (Phi) is 7.03. The molecule has 0 aromatic heterocycles. The lowest BCUT2D eigenvalue weighted by molar-refractivity contribution is -0.155. The Morgan fingerprint density at radius 1 is 0.842 bits per heavy atom. The first-order valence-electron chi connectivity index (χ1n) is 6.06. The van der Waals surface area contributed by atoms with E-state index in [0.717, 1.165) is 0 Å². The Bertz CT molecular complexity index is 297. The van der Waals surface area contributed by atoms with Crippen LogP contribution in [-0.2, 0) is 19.1 Å². The predicted octanol–water partition coefficient (Wildman–Crippen LogP) is 3.59. The molecule has 0 amide bonds. The predicted molar refractivity (Wildman–Crippen MR) is 81.7 cm³/mol. The summed E-state index contributed by atoms with van der Waals surface area (Å²) in [5.74, 6) is -0.777. The van der Waals surface area contributed by atoms with E-state index in [9.17, 15) is 9.59 Å². The van der Waals surface area contributed by atoms with Gasteiger partial charge in [-0.1, -0.05) is 31.9 Å². The fourth-order valence-corrected chi connectivity index (χ4v) is 2.54. The van der Waals surface area contributed by atoms with Crippen molar-refractivity contribution in [3.63, 3.8) is 0 Å². The molecule has 0 aromatic rings. The molecule has 0 fully saturated rings. The van der Waals surface area contributed by atoms with E-state index < -0.39 is 20.9 Å². The minimum atomic E-state index is -0.552. The van der Waals surface area contributed by atoms with Crippen LogP contribution < -0.4 is 0 Å². The quantitative estimate of drug-likeness (QED) is 0.533. The van der Waals surface area contributed by atoms with Gasteiger partial charge in [-0.25, -0.2) is 0 Å². The van der Waals surface area contributed by atoms with E-state index in [2.05, 4.69) is 31.9 Å². The van der Waals surface area contributed by atoms with Crippen molar-refractivity contribution in [3.8, 4) is 0 Å². The number of ether oxygens (including phenoxy) is 2. The van der Waals surface area contributed by atoms with Crippen molar-refractivity contribution in [1.82, 2.24) is 0 Å². The number of esters is 2. The Morgan fingerprint density at radius 3 is 1.32 bits per heavy atom. The second-order valence-corrected chi connectivity index (χ2v) is 8.45. The molecule has 19 heavy (non-hydrogen) atoms. The monoisotopic (exact) mass is 400 g/mol. The molecule has 0 N–H and O–H groups in total. The summed E-state index contributed by atoms with van der Waals surface area (Å²) in [5, 5.41) is 0. The topological polar surface area (TPSA) is 52.6 Å². The van der Waals surface area contributed by atoms with E-state index in [-0.39, 0.29) is 18.4 Å². The highest BCUT2D eigenvalue weighted by Crippen LogP contribution is 2.21. The van der Waals surface area contributed by atoms with Crippen LogP contribution in [0, 0.1) is 0 Å². The second-order valence-electron chi connectivity index (χ2n) is 6.24. The standard InChI is InChI=1S/C13H22Br2O4/c1-12(2,3)18-10(16)8(14)7-9(15)11(17)19-13(4,5)6/h8-9H,7H2,1-6H3/t8-,9-/m1/s1. The van der Waals surface area contributed by atoms with E-state index in [1.807, 2.05) is 0 Å². The first-order chi connectivity index (χ1) is 8.32. The van der Waals surface area contributed by atoms with Gasteiger partial charge < -0.3 is 9.47 Å². The van der Waals surface area contributed by atoms with E-state index in [1.165, 1.54) is 0 Å². The molecule has 0 aliphatic carbocycles. The van der Waals surface area contributed by atoms with Crippen LogP contribution in [0.15, 0.2) is 0 Å². The number of hydrogen-bond acceptors (Lipinski definition) is 4. The number of alkyl halides is 2. The maximum Gasteiger partial charge on any atom is 0.320 e. The molecule has 2 atom stereocenters. The van der Waals surface area contributed by atoms with Gasteiger partial charge in [0.1, 0.15) is 20.9 Å².